The van der Waals surface area contributed by atoms with Crippen LogP contribution in [0.25, 0.3) is 0 Å². The SMILES string of the molecule is COC(=O)C1=C(CN2CCC(C(N)=O)(N3CCCCC3)CC2)NC(=O)N[C@@H]1c1ccc(F)cc1. The van der Waals surface area contributed by atoms with Gasteiger partial charge in [-0.25, -0.2) is 14.0 Å². The third-order valence-electron chi connectivity index (χ3n) is 7.25. The summed E-state index contributed by atoms with van der Waals surface area (Å²) < 4.78 is 18.5. The van der Waals surface area contributed by atoms with Gasteiger partial charge in [-0.2, -0.15) is 0 Å². The van der Waals surface area contributed by atoms with Crippen LogP contribution in [0.3, 0.4) is 0 Å². The number of nitrogens with zero attached hydrogens (tertiary/aromatic N) is 2. The minimum atomic E-state index is -0.764. The Morgan fingerprint density at radius 2 is 1.76 bits per heavy atom. The van der Waals surface area contributed by atoms with E-state index in [-0.39, 0.29) is 11.5 Å². The number of ether oxygens (including phenoxy) is 1. The van der Waals surface area contributed by atoms with Gasteiger partial charge in [0, 0.05) is 25.3 Å². The monoisotopic (exact) mass is 473 g/mol. The molecule has 0 aliphatic carbocycles. The number of primary amides is 1. The van der Waals surface area contributed by atoms with Crippen LogP contribution in [0.15, 0.2) is 35.5 Å². The highest BCUT2D eigenvalue weighted by molar-refractivity contribution is 5.95. The number of urea groups is 1. The zero-order valence-corrected chi connectivity index (χ0v) is 19.4. The Kier molecular flexibility index (Phi) is 7.18. The largest absolute Gasteiger partial charge is 0.466 e. The minimum absolute atomic E-state index is 0.275. The Morgan fingerprint density at radius 1 is 1.12 bits per heavy atom. The van der Waals surface area contributed by atoms with E-state index in [9.17, 15) is 18.8 Å². The van der Waals surface area contributed by atoms with Crippen LogP contribution in [-0.4, -0.2) is 73.1 Å². The summed E-state index contributed by atoms with van der Waals surface area (Å²) in [5.74, 6) is -1.27. The van der Waals surface area contributed by atoms with Crippen molar-refractivity contribution < 1.29 is 23.5 Å². The summed E-state index contributed by atoms with van der Waals surface area (Å²) in [5, 5.41) is 5.50. The number of amides is 3. The van der Waals surface area contributed by atoms with Crippen molar-refractivity contribution in [3.8, 4) is 0 Å². The number of carbonyl (C=O) groups excluding carboxylic acids is 3. The first-order valence-corrected chi connectivity index (χ1v) is 11.8. The predicted molar refractivity (Wildman–Crippen MR) is 123 cm³/mol. The number of rotatable bonds is 6. The van der Waals surface area contributed by atoms with Crippen LogP contribution < -0.4 is 16.4 Å². The van der Waals surface area contributed by atoms with E-state index in [1.807, 2.05) is 0 Å². The predicted octanol–water partition coefficient (Wildman–Crippen LogP) is 1.41. The van der Waals surface area contributed by atoms with E-state index < -0.39 is 29.4 Å². The molecule has 3 aliphatic heterocycles. The zero-order valence-electron chi connectivity index (χ0n) is 19.4. The number of methoxy groups -OCH3 is 1. The molecule has 3 aliphatic rings. The highest BCUT2D eigenvalue weighted by Crippen LogP contribution is 2.33. The lowest BCUT2D eigenvalue weighted by molar-refractivity contribution is -0.136. The van der Waals surface area contributed by atoms with Gasteiger partial charge >= 0.3 is 12.0 Å². The number of halogens is 1. The Hall–Kier alpha value is -2.98. The molecular weight excluding hydrogens is 441 g/mol. The average molecular weight is 474 g/mol. The zero-order chi connectivity index (χ0) is 24.3. The number of esters is 1. The molecule has 1 aromatic rings. The van der Waals surface area contributed by atoms with Crippen LogP contribution in [0.2, 0.25) is 0 Å². The van der Waals surface area contributed by atoms with E-state index in [0.717, 1.165) is 25.9 Å². The number of likely N-dealkylation sites (tertiary alicyclic amines) is 2. The lowest BCUT2D eigenvalue weighted by atomic mass is 9.83. The number of carbonyl (C=O) groups is 3. The molecule has 10 heteroatoms. The van der Waals surface area contributed by atoms with Gasteiger partial charge in [0.05, 0.1) is 18.7 Å². The molecule has 1 aromatic carbocycles. The van der Waals surface area contributed by atoms with E-state index in [1.54, 1.807) is 0 Å². The van der Waals surface area contributed by atoms with Gasteiger partial charge in [-0.05, 0) is 56.5 Å². The van der Waals surface area contributed by atoms with E-state index >= 15 is 0 Å². The van der Waals surface area contributed by atoms with Crippen molar-refractivity contribution in [1.82, 2.24) is 20.4 Å². The fourth-order valence-electron chi connectivity index (χ4n) is 5.34. The Morgan fingerprint density at radius 3 is 2.35 bits per heavy atom. The first kappa shape index (κ1) is 24.2. The fraction of sp³-hybridized carbons (Fsp3) is 0.542. The normalized spacial score (nSPS) is 23.7. The van der Waals surface area contributed by atoms with Crippen LogP contribution in [0.1, 0.15) is 43.7 Å². The Bertz CT molecular complexity index is 966. The second-order valence-electron chi connectivity index (χ2n) is 9.19. The fourth-order valence-corrected chi connectivity index (χ4v) is 5.34. The van der Waals surface area contributed by atoms with Gasteiger partial charge in [-0.15, -0.1) is 0 Å². The summed E-state index contributed by atoms with van der Waals surface area (Å²) >= 11 is 0. The van der Waals surface area contributed by atoms with Gasteiger partial charge in [0.15, 0.2) is 0 Å². The van der Waals surface area contributed by atoms with Crippen LogP contribution in [-0.2, 0) is 14.3 Å². The molecule has 4 N–H and O–H groups in total. The minimum Gasteiger partial charge on any atom is -0.466 e. The molecule has 0 aromatic heterocycles. The van der Waals surface area contributed by atoms with E-state index in [4.69, 9.17) is 10.5 Å². The maximum atomic E-state index is 13.4. The maximum Gasteiger partial charge on any atom is 0.338 e. The average Bonchev–Trinajstić information content (AvgIpc) is 2.84. The second kappa shape index (κ2) is 10.1. The van der Waals surface area contributed by atoms with Gasteiger partial charge < -0.3 is 21.1 Å². The van der Waals surface area contributed by atoms with E-state index in [1.165, 1.54) is 37.8 Å². The summed E-state index contributed by atoms with van der Waals surface area (Å²) in [5.41, 5.74) is 6.53. The number of hydrogen-bond donors (Lipinski definition) is 3. The molecule has 3 amide bonds. The summed E-state index contributed by atoms with van der Waals surface area (Å²) in [6, 6.07) is 4.42. The highest BCUT2D eigenvalue weighted by Gasteiger charge is 2.45. The summed E-state index contributed by atoms with van der Waals surface area (Å²) in [6.07, 6.45) is 4.49. The molecule has 4 rings (SSSR count). The molecular formula is C24H32FN5O4. The smallest absolute Gasteiger partial charge is 0.338 e. The van der Waals surface area contributed by atoms with Crippen molar-refractivity contribution in [3.63, 3.8) is 0 Å². The summed E-state index contributed by atoms with van der Waals surface area (Å²) in [6.45, 7) is 3.26. The lowest BCUT2D eigenvalue weighted by Gasteiger charge is -2.48. The third-order valence-corrected chi connectivity index (χ3v) is 7.25. The van der Waals surface area contributed by atoms with Crippen LogP contribution in [0.4, 0.5) is 9.18 Å². The van der Waals surface area contributed by atoms with Crippen LogP contribution in [0.5, 0.6) is 0 Å². The van der Waals surface area contributed by atoms with Crippen molar-refractivity contribution in [1.29, 1.82) is 0 Å². The van der Waals surface area contributed by atoms with Gasteiger partial charge in [-0.3, -0.25) is 14.6 Å². The lowest BCUT2D eigenvalue weighted by Crippen LogP contribution is -2.63. The van der Waals surface area contributed by atoms with Crippen molar-refractivity contribution in [2.45, 2.75) is 43.7 Å². The van der Waals surface area contributed by atoms with Gasteiger partial charge in [-0.1, -0.05) is 18.6 Å². The highest BCUT2D eigenvalue weighted by atomic mass is 19.1. The van der Waals surface area contributed by atoms with E-state index in [2.05, 4.69) is 20.4 Å². The quantitative estimate of drug-likeness (QED) is 0.538. The molecule has 0 spiro atoms. The second-order valence-corrected chi connectivity index (χ2v) is 9.19. The number of nitrogens with two attached hydrogens (primary N) is 1. The van der Waals surface area contributed by atoms with Crippen molar-refractivity contribution in [2.24, 2.45) is 5.73 Å². The molecule has 3 heterocycles. The maximum absolute atomic E-state index is 13.4. The van der Waals surface area contributed by atoms with Gasteiger partial charge in [0.25, 0.3) is 0 Å². The summed E-state index contributed by atoms with van der Waals surface area (Å²) in [4.78, 5) is 42.1. The molecule has 1 atom stereocenters. The third kappa shape index (κ3) is 4.78. The van der Waals surface area contributed by atoms with Crippen molar-refractivity contribution in [2.75, 3.05) is 39.8 Å². The first-order chi connectivity index (χ1) is 16.3. The number of piperidine rings is 2. The van der Waals surface area contributed by atoms with Crippen molar-refractivity contribution >= 4 is 17.9 Å². The molecule has 2 saturated heterocycles. The van der Waals surface area contributed by atoms with Gasteiger partial charge in [0.1, 0.15) is 11.4 Å². The molecule has 184 valence electrons. The van der Waals surface area contributed by atoms with Gasteiger partial charge in [0.2, 0.25) is 5.91 Å². The standard InChI is InChI=1S/C24H32FN5O4/c1-34-21(31)19-18(27-23(33)28-20(19)16-5-7-17(25)8-6-16)15-29-13-9-24(10-14-29,22(26)32)30-11-3-2-4-12-30/h5-8,20H,2-4,9-15H2,1H3,(H2,26,32)(H2,27,28,33)/t20-/m1/s1. The molecule has 0 radical (unpaired) electrons. The number of benzene rings is 1. The molecule has 0 saturated carbocycles. The van der Waals surface area contributed by atoms with E-state index in [0.29, 0.717) is 43.7 Å². The van der Waals surface area contributed by atoms with Crippen molar-refractivity contribution in [3.05, 3.63) is 46.9 Å². The Balaban J connectivity index is 1.56. The molecule has 0 unspecified atom stereocenters. The molecule has 2 fully saturated rings. The first-order valence-electron chi connectivity index (χ1n) is 11.8. The molecule has 9 nitrogen and oxygen atoms in total. The van der Waals surface area contributed by atoms with Crippen LogP contribution >= 0.6 is 0 Å². The number of hydrogen-bond acceptors (Lipinski definition) is 6. The Labute approximate surface area is 198 Å². The number of nitrogens with one attached hydrogen (secondary N) is 2. The summed E-state index contributed by atoms with van der Waals surface area (Å²) in [7, 11) is 1.28. The molecule has 34 heavy (non-hydrogen) atoms. The van der Waals surface area contributed by atoms with Crippen LogP contribution in [0, 0.1) is 5.82 Å². The topological polar surface area (TPSA) is 117 Å². The molecule has 0 bridgehead atoms.